The Labute approximate surface area is 155 Å². The molecule has 0 radical (unpaired) electrons. The third-order valence-corrected chi connectivity index (χ3v) is 3.78. The summed E-state index contributed by atoms with van der Waals surface area (Å²) < 4.78 is 5.72. The summed E-state index contributed by atoms with van der Waals surface area (Å²) in [5, 5.41) is 13.6. The van der Waals surface area contributed by atoms with E-state index in [0.717, 1.165) is 11.3 Å². The van der Waals surface area contributed by atoms with E-state index in [1.54, 1.807) is 6.20 Å². The predicted molar refractivity (Wildman–Crippen MR) is 99.3 cm³/mol. The van der Waals surface area contributed by atoms with E-state index in [9.17, 15) is 14.9 Å². The van der Waals surface area contributed by atoms with Gasteiger partial charge in [0.1, 0.15) is 12.4 Å². The van der Waals surface area contributed by atoms with E-state index < -0.39 is 4.92 Å². The van der Waals surface area contributed by atoms with Gasteiger partial charge in [0.05, 0.1) is 10.6 Å². The molecule has 0 bridgehead atoms. The van der Waals surface area contributed by atoms with Gasteiger partial charge in [0.25, 0.3) is 11.6 Å². The van der Waals surface area contributed by atoms with Crippen molar-refractivity contribution >= 4 is 11.6 Å². The van der Waals surface area contributed by atoms with Crippen molar-refractivity contribution < 1.29 is 14.5 Å². The normalized spacial score (nSPS) is 10.2. The largest absolute Gasteiger partial charge is 0.487 e. The van der Waals surface area contributed by atoms with Crippen molar-refractivity contribution in [2.75, 3.05) is 0 Å². The molecule has 0 unspecified atom stereocenters. The van der Waals surface area contributed by atoms with Crippen LogP contribution in [-0.4, -0.2) is 15.8 Å². The van der Waals surface area contributed by atoms with Gasteiger partial charge in [-0.15, -0.1) is 0 Å². The van der Waals surface area contributed by atoms with E-state index in [2.05, 4.69) is 10.3 Å². The highest BCUT2D eigenvalue weighted by Crippen LogP contribution is 2.16. The second-order valence-corrected chi connectivity index (χ2v) is 5.75. The van der Waals surface area contributed by atoms with Crippen LogP contribution < -0.4 is 10.1 Å². The van der Waals surface area contributed by atoms with E-state index in [1.807, 2.05) is 42.5 Å². The van der Waals surface area contributed by atoms with E-state index in [4.69, 9.17) is 4.74 Å². The number of carbonyl (C=O) groups excluding carboxylic acids is 1. The van der Waals surface area contributed by atoms with Crippen molar-refractivity contribution in [3.8, 4) is 5.75 Å². The second kappa shape index (κ2) is 8.57. The Bertz CT molecular complexity index is 945. The van der Waals surface area contributed by atoms with Crippen LogP contribution in [0.2, 0.25) is 0 Å². The molecule has 2 aromatic carbocycles. The number of amides is 1. The minimum Gasteiger partial charge on any atom is -0.487 e. The highest BCUT2D eigenvalue weighted by Gasteiger charge is 2.11. The minimum absolute atomic E-state index is 0.118. The predicted octanol–water partition coefficient (Wildman–Crippen LogP) is 3.50. The van der Waals surface area contributed by atoms with Crippen LogP contribution >= 0.6 is 0 Å². The highest BCUT2D eigenvalue weighted by atomic mass is 16.6. The first-order valence-corrected chi connectivity index (χ1v) is 8.26. The number of non-ortho nitro benzene ring substituents is 1. The lowest BCUT2D eigenvalue weighted by atomic mass is 10.1. The molecule has 0 saturated carbocycles. The highest BCUT2D eigenvalue weighted by molar-refractivity contribution is 5.94. The summed E-state index contributed by atoms with van der Waals surface area (Å²) in [6, 6.07) is 18.6. The zero-order valence-corrected chi connectivity index (χ0v) is 14.4. The number of pyridine rings is 1. The van der Waals surface area contributed by atoms with Crippen LogP contribution in [0.15, 0.2) is 72.9 Å². The first-order valence-electron chi connectivity index (χ1n) is 8.26. The molecule has 1 N–H and O–H groups in total. The van der Waals surface area contributed by atoms with E-state index in [1.165, 1.54) is 24.3 Å². The lowest BCUT2D eigenvalue weighted by Gasteiger charge is -2.09. The van der Waals surface area contributed by atoms with Crippen LogP contribution in [0, 0.1) is 10.1 Å². The lowest BCUT2D eigenvalue weighted by molar-refractivity contribution is -0.384. The van der Waals surface area contributed by atoms with E-state index in [0.29, 0.717) is 12.4 Å². The number of aromatic nitrogens is 1. The number of nitro groups is 1. The molecular weight excluding hydrogens is 346 g/mol. The van der Waals surface area contributed by atoms with E-state index in [-0.39, 0.29) is 23.7 Å². The quantitative estimate of drug-likeness (QED) is 0.512. The average molecular weight is 363 g/mol. The fourth-order valence-corrected chi connectivity index (χ4v) is 2.43. The third-order valence-electron chi connectivity index (χ3n) is 3.78. The molecule has 1 aromatic heterocycles. The molecule has 0 saturated heterocycles. The summed E-state index contributed by atoms with van der Waals surface area (Å²) >= 11 is 0. The molecule has 0 spiro atoms. The lowest BCUT2D eigenvalue weighted by Crippen LogP contribution is -2.22. The SMILES string of the molecule is O=C(NCc1cccc(OCc2ccccn2)c1)c1cccc([N+](=O)[O-])c1. The molecule has 7 nitrogen and oxygen atoms in total. The summed E-state index contributed by atoms with van der Waals surface area (Å²) in [5.41, 5.74) is 1.80. The number of hydrogen-bond donors (Lipinski definition) is 1. The maximum absolute atomic E-state index is 12.2. The number of rotatable bonds is 7. The minimum atomic E-state index is -0.529. The summed E-state index contributed by atoms with van der Waals surface area (Å²) in [4.78, 5) is 26.7. The molecular formula is C20H17N3O4. The molecule has 27 heavy (non-hydrogen) atoms. The van der Waals surface area contributed by atoms with Crippen molar-refractivity contribution in [2.45, 2.75) is 13.2 Å². The van der Waals surface area contributed by atoms with Gasteiger partial charge in [0, 0.05) is 30.4 Å². The van der Waals surface area contributed by atoms with Gasteiger partial charge in [-0.3, -0.25) is 19.9 Å². The summed E-state index contributed by atoms with van der Waals surface area (Å²) in [7, 11) is 0. The van der Waals surface area contributed by atoms with E-state index >= 15 is 0 Å². The van der Waals surface area contributed by atoms with Gasteiger partial charge in [-0.1, -0.05) is 24.3 Å². The van der Waals surface area contributed by atoms with Gasteiger partial charge in [-0.05, 0) is 35.9 Å². The Morgan fingerprint density at radius 1 is 1.07 bits per heavy atom. The molecule has 0 aliphatic carbocycles. The number of nitro benzene ring substituents is 1. The average Bonchev–Trinajstić information content (AvgIpc) is 2.71. The number of benzene rings is 2. The topological polar surface area (TPSA) is 94.4 Å². The van der Waals surface area contributed by atoms with Gasteiger partial charge >= 0.3 is 0 Å². The van der Waals surface area contributed by atoms with Crippen LogP contribution in [0.4, 0.5) is 5.69 Å². The van der Waals surface area contributed by atoms with Gasteiger partial charge in [0.2, 0.25) is 0 Å². The van der Waals surface area contributed by atoms with Crippen molar-refractivity contribution in [2.24, 2.45) is 0 Å². The second-order valence-electron chi connectivity index (χ2n) is 5.75. The molecule has 3 aromatic rings. The first-order chi connectivity index (χ1) is 13.1. The molecule has 3 rings (SSSR count). The third kappa shape index (κ3) is 5.12. The number of nitrogens with one attached hydrogen (secondary N) is 1. The summed E-state index contributed by atoms with van der Waals surface area (Å²) in [6.07, 6.45) is 1.71. The molecule has 7 heteroatoms. The van der Waals surface area contributed by atoms with Crippen LogP contribution in [0.25, 0.3) is 0 Å². The van der Waals surface area contributed by atoms with Crippen LogP contribution in [0.3, 0.4) is 0 Å². The number of ether oxygens (including phenoxy) is 1. The Morgan fingerprint density at radius 2 is 1.93 bits per heavy atom. The van der Waals surface area contributed by atoms with Gasteiger partial charge in [-0.2, -0.15) is 0 Å². The molecule has 0 aliphatic rings. The van der Waals surface area contributed by atoms with Crippen LogP contribution in [0.5, 0.6) is 5.75 Å². The smallest absolute Gasteiger partial charge is 0.270 e. The summed E-state index contributed by atoms with van der Waals surface area (Å²) in [5.74, 6) is 0.293. The molecule has 136 valence electrons. The Kier molecular flexibility index (Phi) is 5.73. The molecule has 1 amide bonds. The van der Waals surface area contributed by atoms with Gasteiger partial charge < -0.3 is 10.1 Å². The Morgan fingerprint density at radius 3 is 2.70 bits per heavy atom. The standard InChI is InChI=1S/C20H17N3O4/c24-20(16-6-4-8-18(12-16)23(25)26)22-13-15-5-3-9-19(11-15)27-14-17-7-1-2-10-21-17/h1-12H,13-14H2,(H,22,24). The number of carbonyl (C=O) groups is 1. The Hall–Kier alpha value is -3.74. The fraction of sp³-hybridized carbons (Fsp3) is 0.100. The monoisotopic (exact) mass is 363 g/mol. The fourth-order valence-electron chi connectivity index (χ4n) is 2.43. The molecule has 0 fully saturated rings. The van der Waals surface area contributed by atoms with Crippen molar-refractivity contribution in [3.05, 3.63) is 99.9 Å². The van der Waals surface area contributed by atoms with Crippen LogP contribution in [-0.2, 0) is 13.2 Å². The van der Waals surface area contributed by atoms with Crippen molar-refractivity contribution in [1.29, 1.82) is 0 Å². The number of hydrogen-bond acceptors (Lipinski definition) is 5. The van der Waals surface area contributed by atoms with Crippen LogP contribution in [0.1, 0.15) is 21.6 Å². The summed E-state index contributed by atoms with van der Waals surface area (Å²) in [6.45, 7) is 0.632. The molecule has 0 atom stereocenters. The molecule has 1 heterocycles. The van der Waals surface area contributed by atoms with Gasteiger partial charge in [0.15, 0.2) is 0 Å². The Balaban J connectivity index is 1.58. The first kappa shape index (κ1) is 18.1. The number of nitrogens with zero attached hydrogens (tertiary/aromatic N) is 2. The molecule has 0 aliphatic heterocycles. The zero-order valence-electron chi connectivity index (χ0n) is 14.4. The maximum atomic E-state index is 12.2. The zero-order chi connectivity index (χ0) is 19.1. The maximum Gasteiger partial charge on any atom is 0.270 e. The van der Waals surface area contributed by atoms with Crippen molar-refractivity contribution in [3.63, 3.8) is 0 Å². The van der Waals surface area contributed by atoms with Gasteiger partial charge in [-0.25, -0.2) is 0 Å². The van der Waals surface area contributed by atoms with Crippen molar-refractivity contribution in [1.82, 2.24) is 10.3 Å².